The Labute approximate surface area is 138 Å². The highest BCUT2D eigenvalue weighted by Crippen LogP contribution is 2.14. The van der Waals surface area contributed by atoms with E-state index in [1.165, 1.54) is 0 Å². The van der Waals surface area contributed by atoms with Crippen molar-refractivity contribution in [3.05, 3.63) is 64.7 Å². The highest BCUT2D eigenvalue weighted by molar-refractivity contribution is 6.31. The lowest BCUT2D eigenvalue weighted by Gasteiger charge is -2.06. The molecule has 0 aliphatic rings. The number of nitrogens with one attached hydrogen (secondary N) is 1. The predicted octanol–water partition coefficient (Wildman–Crippen LogP) is 3.18. The zero-order chi connectivity index (χ0) is 16.4. The molecule has 116 valence electrons. The first-order chi connectivity index (χ1) is 11.0. The van der Waals surface area contributed by atoms with Crippen molar-refractivity contribution < 1.29 is 4.79 Å². The lowest BCUT2D eigenvalue weighted by Crippen LogP contribution is -2.13. The van der Waals surface area contributed by atoms with Crippen molar-refractivity contribution in [2.75, 3.05) is 5.32 Å². The number of nitrogens with zero attached hydrogens (tertiary/aromatic N) is 4. The number of benzene rings is 1. The van der Waals surface area contributed by atoms with Crippen LogP contribution >= 0.6 is 11.6 Å². The molecule has 0 radical (unpaired) electrons. The van der Waals surface area contributed by atoms with Gasteiger partial charge >= 0.3 is 0 Å². The van der Waals surface area contributed by atoms with Gasteiger partial charge in [0.15, 0.2) is 0 Å². The number of carbonyl (C=O) groups is 1. The third-order valence-corrected chi connectivity index (χ3v) is 3.42. The van der Waals surface area contributed by atoms with Crippen molar-refractivity contribution in [3.8, 4) is 5.95 Å². The van der Waals surface area contributed by atoms with Gasteiger partial charge in [0, 0.05) is 16.3 Å². The molecule has 0 atom stereocenters. The van der Waals surface area contributed by atoms with Crippen molar-refractivity contribution in [2.45, 2.75) is 13.8 Å². The summed E-state index contributed by atoms with van der Waals surface area (Å²) >= 11 is 5.88. The molecular formula is C16H14ClN5O. The molecule has 23 heavy (non-hydrogen) atoms. The summed E-state index contributed by atoms with van der Waals surface area (Å²) in [4.78, 5) is 20.6. The molecular weight excluding hydrogens is 314 g/mol. The van der Waals surface area contributed by atoms with E-state index in [9.17, 15) is 4.79 Å². The van der Waals surface area contributed by atoms with Crippen LogP contribution in [0.5, 0.6) is 0 Å². The Kier molecular flexibility index (Phi) is 4.08. The second-order valence-electron chi connectivity index (χ2n) is 5.08. The smallest absolute Gasteiger partial charge is 0.255 e. The summed E-state index contributed by atoms with van der Waals surface area (Å²) in [6.45, 7) is 3.83. The molecule has 0 unspecified atom stereocenters. The Morgan fingerprint density at radius 2 is 1.91 bits per heavy atom. The molecule has 6 nitrogen and oxygen atoms in total. The third kappa shape index (κ3) is 3.37. The molecule has 0 aliphatic heterocycles. The molecule has 1 aromatic carbocycles. The molecule has 0 aliphatic carbocycles. The molecule has 1 N–H and O–H groups in total. The Bertz CT molecular complexity index is 857. The summed E-state index contributed by atoms with van der Waals surface area (Å²) < 4.78 is 1.65. The average Bonchev–Trinajstić information content (AvgIpc) is 2.86. The van der Waals surface area contributed by atoms with E-state index in [0.717, 1.165) is 11.4 Å². The fourth-order valence-corrected chi connectivity index (χ4v) is 2.35. The summed E-state index contributed by atoms with van der Waals surface area (Å²) in [5.41, 5.74) is 2.81. The maximum atomic E-state index is 12.1. The number of hydrogen-bond donors (Lipinski definition) is 1. The fraction of sp³-hybridized carbons (Fsp3) is 0.125. The minimum atomic E-state index is -0.269. The summed E-state index contributed by atoms with van der Waals surface area (Å²) in [7, 11) is 0. The molecule has 7 heteroatoms. The number of carbonyl (C=O) groups excluding carboxylic acids is 1. The molecule has 0 bridgehead atoms. The molecule has 0 spiro atoms. The van der Waals surface area contributed by atoms with Gasteiger partial charge < -0.3 is 5.32 Å². The SMILES string of the molecule is Cc1cc(C)n(-c2ncc(NC(=O)c3cccc(Cl)c3)cn2)n1. The van der Waals surface area contributed by atoms with Crippen LogP contribution in [0.3, 0.4) is 0 Å². The number of amides is 1. The fourth-order valence-electron chi connectivity index (χ4n) is 2.16. The van der Waals surface area contributed by atoms with E-state index in [0.29, 0.717) is 22.2 Å². The highest BCUT2D eigenvalue weighted by Gasteiger charge is 2.09. The monoisotopic (exact) mass is 327 g/mol. The summed E-state index contributed by atoms with van der Waals surface area (Å²) in [5, 5.41) is 7.56. The van der Waals surface area contributed by atoms with Crippen molar-refractivity contribution in [2.24, 2.45) is 0 Å². The van der Waals surface area contributed by atoms with Crippen LogP contribution in [0.25, 0.3) is 5.95 Å². The quantitative estimate of drug-likeness (QED) is 0.802. The van der Waals surface area contributed by atoms with E-state index in [-0.39, 0.29) is 5.91 Å². The first kappa shape index (κ1) is 15.2. The molecule has 0 saturated carbocycles. The predicted molar refractivity (Wildman–Crippen MR) is 88.0 cm³/mol. The van der Waals surface area contributed by atoms with Crippen LogP contribution in [-0.4, -0.2) is 25.7 Å². The number of anilines is 1. The first-order valence-corrected chi connectivity index (χ1v) is 7.33. The largest absolute Gasteiger partial charge is 0.319 e. The van der Waals surface area contributed by atoms with Gasteiger partial charge in [-0.05, 0) is 38.1 Å². The molecule has 1 amide bonds. The second-order valence-corrected chi connectivity index (χ2v) is 5.51. The van der Waals surface area contributed by atoms with Gasteiger partial charge in [-0.3, -0.25) is 4.79 Å². The van der Waals surface area contributed by atoms with Gasteiger partial charge in [0.2, 0.25) is 0 Å². The summed E-state index contributed by atoms with van der Waals surface area (Å²) in [5.74, 6) is 0.186. The number of rotatable bonds is 3. The van der Waals surface area contributed by atoms with Gasteiger partial charge in [0.25, 0.3) is 11.9 Å². The van der Waals surface area contributed by atoms with Crippen LogP contribution in [0.2, 0.25) is 5.02 Å². The molecule has 2 aromatic heterocycles. The Morgan fingerprint density at radius 3 is 2.52 bits per heavy atom. The van der Waals surface area contributed by atoms with E-state index in [2.05, 4.69) is 20.4 Å². The Morgan fingerprint density at radius 1 is 1.17 bits per heavy atom. The van der Waals surface area contributed by atoms with Gasteiger partial charge in [-0.15, -0.1) is 0 Å². The Balaban J connectivity index is 1.77. The van der Waals surface area contributed by atoms with E-state index >= 15 is 0 Å². The van der Waals surface area contributed by atoms with Crippen LogP contribution in [0.15, 0.2) is 42.7 Å². The zero-order valence-electron chi connectivity index (χ0n) is 12.6. The van der Waals surface area contributed by atoms with E-state index in [4.69, 9.17) is 11.6 Å². The van der Waals surface area contributed by atoms with Crippen LogP contribution in [-0.2, 0) is 0 Å². The molecule has 0 saturated heterocycles. The zero-order valence-corrected chi connectivity index (χ0v) is 13.4. The maximum Gasteiger partial charge on any atom is 0.255 e. The van der Waals surface area contributed by atoms with E-state index in [1.807, 2.05) is 19.9 Å². The average molecular weight is 328 g/mol. The van der Waals surface area contributed by atoms with Crippen LogP contribution in [0.4, 0.5) is 5.69 Å². The topological polar surface area (TPSA) is 72.7 Å². The van der Waals surface area contributed by atoms with Crippen LogP contribution in [0, 0.1) is 13.8 Å². The normalized spacial score (nSPS) is 10.6. The number of aryl methyl sites for hydroxylation is 2. The minimum absolute atomic E-state index is 0.269. The highest BCUT2D eigenvalue weighted by atomic mass is 35.5. The maximum absolute atomic E-state index is 12.1. The van der Waals surface area contributed by atoms with Crippen molar-refractivity contribution in [3.63, 3.8) is 0 Å². The number of halogens is 1. The summed E-state index contributed by atoms with van der Waals surface area (Å²) in [6, 6.07) is 8.66. The third-order valence-electron chi connectivity index (χ3n) is 3.18. The van der Waals surface area contributed by atoms with Crippen LogP contribution < -0.4 is 5.32 Å². The summed E-state index contributed by atoms with van der Waals surface area (Å²) in [6.07, 6.45) is 3.09. The lowest BCUT2D eigenvalue weighted by molar-refractivity contribution is 0.102. The van der Waals surface area contributed by atoms with Gasteiger partial charge in [-0.1, -0.05) is 17.7 Å². The minimum Gasteiger partial charge on any atom is -0.319 e. The Hall–Kier alpha value is -2.73. The van der Waals surface area contributed by atoms with Gasteiger partial charge in [-0.25, -0.2) is 14.6 Å². The molecule has 3 aromatic rings. The van der Waals surface area contributed by atoms with Crippen molar-refractivity contribution >= 4 is 23.2 Å². The number of hydrogen-bond acceptors (Lipinski definition) is 4. The first-order valence-electron chi connectivity index (χ1n) is 6.95. The van der Waals surface area contributed by atoms with E-state index in [1.54, 1.807) is 41.3 Å². The van der Waals surface area contributed by atoms with Crippen LogP contribution in [0.1, 0.15) is 21.7 Å². The molecule has 3 rings (SSSR count). The van der Waals surface area contributed by atoms with Gasteiger partial charge in [0.1, 0.15) is 0 Å². The van der Waals surface area contributed by atoms with E-state index < -0.39 is 0 Å². The molecule has 0 fully saturated rings. The standard InChI is InChI=1S/C16H14ClN5O/c1-10-6-11(2)22(21-10)16-18-8-14(9-19-16)20-15(23)12-4-3-5-13(17)7-12/h3-9H,1-2H3,(H,20,23). The van der Waals surface area contributed by atoms with Crippen molar-refractivity contribution in [1.82, 2.24) is 19.7 Å². The van der Waals surface area contributed by atoms with Gasteiger partial charge in [-0.2, -0.15) is 5.10 Å². The second kappa shape index (κ2) is 6.18. The lowest BCUT2D eigenvalue weighted by atomic mass is 10.2. The van der Waals surface area contributed by atoms with Gasteiger partial charge in [0.05, 0.1) is 23.8 Å². The number of aromatic nitrogens is 4. The molecule has 2 heterocycles. The van der Waals surface area contributed by atoms with Crippen molar-refractivity contribution in [1.29, 1.82) is 0 Å².